The number of halogens is 1. The molecule has 0 saturated heterocycles. The zero-order valence-corrected chi connectivity index (χ0v) is 18.2. The number of benzene rings is 2. The normalized spacial score (nSPS) is 11.2. The smallest absolute Gasteiger partial charge is 0.298 e. The van der Waals surface area contributed by atoms with Crippen molar-refractivity contribution in [2.75, 3.05) is 44.4 Å². The van der Waals surface area contributed by atoms with E-state index in [-0.39, 0.29) is 17.4 Å². The average molecular weight is 433 g/mol. The Morgan fingerprint density at radius 2 is 1.75 bits per heavy atom. The maximum atomic E-state index is 13.1. The van der Waals surface area contributed by atoms with Crippen LogP contribution < -0.4 is 10.2 Å². The minimum atomic E-state index is -0.332. The van der Waals surface area contributed by atoms with E-state index in [0.29, 0.717) is 22.8 Å². The Labute approximate surface area is 185 Å². The van der Waals surface area contributed by atoms with Crippen LogP contribution >= 0.6 is 0 Å². The molecule has 0 atom stereocenters. The van der Waals surface area contributed by atoms with Crippen LogP contribution in [-0.4, -0.2) is 55.0 Å². The minimum Gasteiger partial charge on any atom is -0.423 e. The van der Waals surface area contributed by atoms with Crippen LogP contribution in [0.1, 0.15) is 10.5 Å². The number of hydrogen-bond donors (Lipinski definition) is 1. The van der Waals surface area contributed by atoms with E-state index in [1.165, 1.54) is 12.1 Å². The molecular formula is C24H24FN5O2. The van der Waals surface area contributed by atoms with Gasteiger partial charge in [-0.3, -0.25) is 9.78 Å². The molecule has 32 heavy (non-hydrogen) atoms. The summed E-state index contributed by atoms with van der Waals surface area (Å²) in [5, 5.41) is 2.84. The Morgan fingerprint density at radius 1 is 1.00 bits per heavy atom. The highest BCUT2D eigenvalue weighted by Crippen LogP contribution is 2.24. The summed E-state index contributed by atoms with van der Waals surface area (Å²) in [5.41, 5.74) is 3.82. The van der Waals surface area contributed by atoms with Crippen molar-refractivity contribution in [1.82, 2.24) is 14.9 Å². The monoisotopic (exact) mass is 433 g/mol. The number of rotatable bonds is 7. The van der Waals surface area contributed by atoms with Gasteiger partial charge in [0.05, 0.1) is 0 Å². The molecular weight excluding hydrogens is 409 g/mol. The Kier molecular flexibility index (Phi) is 6.13. The van der Waals surface area contributed by atoms with E-state index in [4.69, 9.17) is 4.42 Å². The molecule has 0 aliphatic heterocycles. The quantitative estimate of drug-likeness (QED) is 0.469. The Hall–Kier alpha value is -3.78. The number of carbonyl (C=O) groups excluding carboxylic acids is 1. The van der Waals surface area contributed by atoms with Gasteiger partial charge in [-0.1, -0.05) is 18.2 Å². The molecule has 0 spiro atoms. The fourth-order valence-electron chi connectivity index (χ4n) is 3.14. The first kappa shape index (κ1) is 21.5. The van der Waals surface area contributed by atoms with Gasteiger partial charge in [0.2, 0.25) is 0 Å². The molecule has 0 radical (unpaired) electrons. The number of nitrogens with zero attached hydrogens (tertiary/aromatic N) is 4. The van der Waals surface area contributed by atoms with Crippen LogP contribution in [0.4, 0.5) is 16.1 Å². The number of fused-ring (bicyclic) bond motifs is 1. The second-order valence-electron chi connectivity index (χ2n) is 7.80. The highest BCUT2D eigenvalue weighted by Gasteiger charge is 2.13. The number of nitrogens with one attached hydrogen (secondary N) is 1. The number of hydrogen-bond acceptors (Lipinski definition) is 6. The van der Waals surface area contributed by atoms with Crippen molar-refractivity contribution < 1.29 is 13.6 Å². The molecule has 4 aromatic rings. The van der Waals surface area contributed by atoms with Gasteiger partial charge in [-0.2, -0.15) is 4.98 Å². The topological polar surface area (TPSA) is 74.5 Å². The lowest BCUT2D eigenvalue weighted by Gasteiger charge is -2.17. The lowest BCUT2D eigenvalue weighted by molar-refractivity contribution is 0.102. The van der Waals surface area contributed by atoms with Gasteiger partial charge in [-0.25, -0.2) is 4.39 Å². The van der Waals surface area contributed by atoms with Crippen LogP contribution in [0.15, 0.2) is 65.2 Å². The largest absolute Gasteiger partial charge is 0.423 e. The fourth-order valence-corrected chi connectivity index (χ4v) is 3.14. The van der Waals surface area contributed by atoms with Crippen molar-refractivity contribution in [3.05, 3.63) is 72.3 Å². The van der Waals surface area contributed by atoms with E-state index in [9.17, 15) is 9.18 Å². The average Bonchev–Trinajstić information content (AvgIpc) is 3.21. The number of aromatic nitrogens is 2. The van der Waals surface area contributed by atoms with Crippen molar-refractivity contribution in [1.29, 1.82) is 0 Å². The van der Waals surface area contributed by atoms with Crippen LogP contribution in [0.3, 0.4) is 0 Å². The van der Waals surface area contributed by atoms with Gasteiger partial charge in [0, 0.05) is 37.6 Å². The zero-order valence-electron chi connectivity index (χ0n) is 18.2. The molecule has 2 aromatic heterocycles. The number of likely N-dealkylation sites (N-methyl/N-ethyl adjacent to an activating group) is 2. The molecule has 4 rings (SSSR count). The van der Waals surface area contributed by atoms with Gasteiger partial charge in [-0.15, -0.1) is 0 Å². The second-order valence-corrected chi connectivity index (χ2v) is 7.80. The van der Waals surface area contributed by atoms with Gasteiger partial charge in [-0.05, 0) is 56.1 Å². The first-order chi connectivity index (χ1) is 15.4. The Morgan fingerprint density at radius 3 is 2.44 bits per heavy atom. The van der Waals surface area contributed by atoms with Crippen molar-refractivity contribution >= 4 is 28.7 Å². The standard InChI is InChI=1S/C24H24FN5O2/c1-29(2)12-13-30(3)24-28-21-14-19(9-11-22(21)32-24)27-23(31)20-10-6-17(15-26-20)16-4-7-18(25)8-5-16/h4-11,14-15H,12-13H2,1-3H3,(H,27,31). The molecule has 0 aliphatic rings. The molecule has 0 fully saturated rings. The summed E-state index contributed by atoms with van der Waals surface area (Å²) in [5.74, 6) is -0.629. The van der Waals surface area contributed by atoms with E-state index >= 15 is 0 Å². The summed E-state index contributed by atoms with van der Waals surface area (Å²) in [7, 11) is 5.96. The molecule has 0 bridgehead atoms. The van der Waals surface area contributed by atoms with Crippen LogP contribution in [-0.2, 0) is 0 Å². The van der Waals surface area contributed by atoms with Crippen molar-refractivity contribution in [2.24, 2.45) is 0 Å². The van der Waals surface area contributed by atoms with Crippen LogP contribution in [0.25, 0.3) is 22.2 Å². The Balaban J connectivity index is 1.45. The molecule has 1 N–H and O–H groups in total. The molecule has 7 nitrogen and oxygen atoms in total. The molecule has 0 aliphatic carbocycles. The van der Waals surface area contributed by atoms with E-state index in [1.54, 1.807) is 48.7 Å². The molecule has 2 heterocycles. The van der Waals surface area contributed by atoms with Gasteiger partial charge in [0.1, 0.15) is 17.0 Å². The number of oxazole rings is 1. The highest BCUT2D eigenvalue weighted by atomic mass is 19.1. The third-order valence-corrected chi connectivity index (χ3v) is 5.02. The number of anilines is 2. The van der Waals surface area contributed by atoms with Crippen molar-refractivity contribution in [2.45, 2.75) is 0 Å². The fraction of sp³-hybridized carbons (Fsp3) is 0.208. The maximum absolute atomic E-state index is 13.1. The molecule has 164 valence electrons. The van der Waals surface area contributed by atoms with Gasteiger partial charge in [0.25, 0.3) is 11.9 Å². The van der Waals surface area contributed by atoms with Crippen molar-refractivity contribution in [3.8, 4) is 11.1 Å². The summed E-state index contributed by atoms with van der Waals surface area (Å²) in [6, 6.07) is 15.4. The third-order valence-electron chi connectivity index (χ3n) is 5.02. The van der Waals surface area contributed by atoms with Gasteiger partial charge >= 0.3 is 0 Å². The summed E-state index contributed by atoms with van der Waals surface area (Å²) in [6.07, 6.45) is 1.60. The number of carbonyl (C=O) groups is 1. The van der Waals surface area contributed by atoms with Crippen molar-refractivity contribution in [3.63, 3.8) is 0 Å². The van der Waals surface area contributed by atoms with E-state index in [2.05, 4.69) is 20.2 Å². The van der Waals surface area contributed by atoms with Gasteiger partial charge in [0.15, 0.2) is 5.58 Å². The van der Waals surface area contributed by atoms with Gasteiger partial charge < -0.3 is 19.5 Å². The number of pyridine rings is 1. The Bertz CT molecular complexity index is 1220. The van der Waals surface area contributed by atoms with E-state index in [1.807, 2.05) is 26.0 Å². The first-order valence-corrected chi connectivity index (χ1v) is 10.2. The summed E-state index contributed by atoms with van der Waals surface area (Å²) in [6.45, 7) is 1.66. The molecule has 1 amide bonds. The number of amides is 1. The molecule has 0 unspecified atom stereocenters. The lowest BCUT2D eigenvalue weighted by atomic mass is 10.1. The summed E-state index contributed by atoms with van der Waals surface area (Å²) >= 11 is 0. The van der Waals surface area contributed by atoms with E-state index < -0.39 is 0 Å². The summed E-state index contributed by atoms with van der Waals surface area (Å²) in [4.78, 5) is 25.4. The zero-order chi connectivity index (χ0) is 22.7. The van der Waals surface area contributed by atoms with Crippen LogP contribution in [0.2, 0.25) is 0 Å². The predicted octanol–water partition coefficient (Wildman–Crippen LogP) is 4.28. The molecule has 0 saturated carbocycles. The SMILES string of the molecule is CN(C)CCN(C)c1nc2cc(NC(=O)c3ccc(-c4ccc(F)cc4)cn3)ccc2o1. The van der Waals surface area contributed by atoms with E-state index in [0.717, 1.165) is 24.2 Å². The summed E-state index contributed by atoms with van der Waals surface area (Å²) < 4.78 is 18.9. The first-order valence-electron chi connectivity index (χ1n) is 10.2. The lowest BCUT2D eigenvalue weighted by Crippen LogP contribution is -2.28. The predicted molar refractivity (Wildman–Crippen MR) is 123 cm³/mol. The maximum Gasteiger partial charge on any atom is 0.298 e. The molecule has 2 aromatic carbocycles. The second kappa shape index (κ2) is 9.15. The third kappa shape index (κ3) is 4.92. The van der Waals surface area contributed by atoms with Crippen LogP contribution in [0.5, 0.6) is 0 Å². The van der Waals surface area contributed by atoms with Crippen LogP contribution in [0, 0.1) is 5.82 Å². The highest BCUT2D eigenvalue weighted by molar-refractivity contribution is 6.03. The molecule has 8 heteroatoms. The minimum absolute atomic E-state index is 0.278.